The van der Waals surface area contributed by atoms with Gasteiger partial charge in [-0.1, -0.05) is 0 Å². The van der Waals surface area contributed by atoms with Crippen LogP contribution in [0.2, 0.25) is 0 Å². The van der Waals surface area contributed by atoms with Gasteiger partial charge in [0.15, 0.2) is 28.3 Å². The zero-order chi connectivity index (χ0) is 21.0. The molecule has 0 fully saturated rings. The summed E-state index contributed by atoms with van der Waals surface area (Å²) in [6.45, 7) is 4.91. The second-order valence-electron chi connectivity index (χ2n) is 8.02. The summed E-state index contributed by atoms with van der Waals surface area (Å²) in [6, 6.07) is 0. The van der Waals surface area contributed by atoms with Gasteiger partial charge >= 0.3 is 11.3 Å². The SMILES string of the molecule is COC1=c2c(=O)oc3c4c(c(=O)oc(c24)C(C)(O)C1(C)O)=CC(C)(O)C3(C)O. The minimum atomic E-state index is -2.15. The summed E-state index contributed by atoms with van der Waals surface area (Å²) >= 11 is 0. The molecular formula is C19H20O9. The molecule has 0 aromatic carbocycles. The van der Waals surface area contributed by atoms with E-state index in [4.69, 9.17) is 13.6 Å². The molecule has 2 aromatic heterocycles. The highest BCUT2D eigenvalue weighted by Gasteiger charge is 2.56. The minimum Gasteiger partial charge on any atom is -0.497 e. The summed E-state index contributed by atoms with van der Waals surface area (Å²) in [5.41, 5.74) is -10.2. The molecule has 0 saturated heterocycles. The van der Waals surface area contributed by atoms with Crippen molar-refractivity contribution in [2.45, 2.75) is 50.1 Å². The van der Waals surface area contributed by atoms with Gasteiger partial charge in [-0.2, -0.15) is 0 Å². The smallest absolute Gasteiger partial charge is 0.347 e. The molecule has 0 saturated carbocycles. The van der Waals surface area contributed by atoms with Gasteiger partial charge in [0.05, 0.1) is 12.3 Å². The molecule has 4 N–H and O–H groups in total. The monoisotopic (exact) mass is 392 g/mol. The summed E-state index contributed by atoms with van der Waals surface area (Å²) in [6.07, 6.45) is 1.11. The van der Waals surface area contributed by atoms with Gasteiger partial charge in [0.25, 0.3) is 0 Å². The first-order chi connectivity index (χ1) is 12.7. The van der Waals surface area contributed by atoms with Crippen LogP contribution in [0.4, 0.5) is 0 Å². The van der Waals surface area contributed by atoms with E-state index in [0.29, 0.717) is 0 Å². The second-order valence-corrected chi connectivity index (χ2v) is 8.02. The molecular weight excluding hydrogens is 372 g/mol. The number of methoxy groups -OCH3 is 1. The molecule has 9 nitrogen and oxygen atoms in total. The molecule has 2 aliphatic carbocycles. The number of hydrogen-bond donors (Lipinski definition) is 4. The van der Waals surface area contributed by atoms with Crippen LogP contribution in [0.1, 0.15) is 39.2 Å². The van der Waals surface area contributed by atoms with Crippen LogP contribution in [0.15, 0.2) is 18.4 Å². The Morgan fingerprint density at radius 3 is 1.93 bits per heavy atom. The van der Waals surface area contributed by atoms with E-state index in [1.807, 2.05) is 0 Å². The third kappa shape index (κ3) is 1.84. The van der Waals surface area contributed by atoms with Crippen molar-refractivity contribution in [1.29, 1.82) is 0 Å². The van der Waals surface area contributed by atoms with E-state index in [2.05, 4.69) is 0 Å². The van der Waals surface area contributed by atoms with Crippen LogP contribution in [-0.2, 0) is 15.9 Å². The maximum absolute atomic E-state index is 12.8. The molecule has 4 atom stereocenters. The summed E-state index contributed by atoms with van der Waals surface area (Å²) in [7, 11) is 1.21. The Morgan fingerprint density at radius 2 is 1.36 bits per heavy atom. The van der Waals surface area contributed by atoms with Crippen LogP contribution >= 0.6 is 0 Å². The van der Waals surface area contributed by atoms with Crippen LogP contribution in [0, 0.1) is 0 Å². The first-order valence-corrected chi connectivity index (χ1v) is 8.56. The fraction of sp³-hybridized carbons (Fsp3) is 0.474. The van der Waals surface area contributed by atoms with E-state index in [1.54, 1.807) is 0 Å². The van der Waals surface area contributed by atoms with Gasteiger partial charge in [0.2, 0.25) is 0 Å². The van der Waals surface area contributed by atoms with E-state index in [-0.39, 0.29) is 38.5 Å². The van der Waals surface area contributed by atoms with E-state index in [9.17, 15) is 30.0 Å². The standard InChI is InChI=1S/C19H20O9/c1-16(22)6-7-8-9-10(15(21)28-12(8)17(16,2)23)11(26-5)18(3,24)19(4,25)13(9)27-14(7)20/h6,22-25H,1-5H3. The Morgan fingerprint density at radius 1 is 0.821 bits per heavy atom. The van der Waals surface area contributed by atoms with Crippen LogP contribution in [0.3, 0.4) is 0 Å². The third-order valence-electron chi connectivity index (χ3n) is 6.15. The molecule has 2 heterocycles. The van der Waals surface area contributed by atoms with Gasteiger partial charge in [-0.15, -0.1) is 0 Å². The minimum absolute atomic E-state index is 0.00250. The van der Waals surface area contributed by atoms with E-state index >= 15 is 0 Å². The molecule has 0 spiro atoms. The Bertz CT molecular complexity index is 1290. The van der Waals surface area contributed by atoms with Gasteiger partial charge in [-0.05, 0) is 33.8 Å². The molecule has 0 aliphatic heterocycles. The molecule has 2 aromatic rings. The largest absolute Gasteiger partial charge is 0.497 e. The zero-order valence-electron chi connectivity index (χ0n) is 15.9. The van der Waals surface area contributed by atoms with Gasteiger partial charge < -0.3 is 34.0 Å². The van der Waals surface area contributed by atoms with Gasteiger partial charge in [-0.25, -0.2) is 9.59 Å². The van der Waals surface area contributed by atoms with Gasteiger partial charge in [0, 0.05) is 10.8 Å². The topological polar surface area (TPSA) is 151 Å². The lowest BCUT2D eigenvalue weighted by atomic mass is 9.73. The quantitative estimate of drug-likeness (QED) is 0.442. The Balaban J connectivity index is 2.49. The molecule has 4 rings (SSSR count). The number of rotatable bonds is 1. The zero-order valence-corrected chi connectivity index (χ0v) is 15.9. The van der Waals surface area contributed by atoms with Crippen molar-refractivity contribution in [1.82, 2.24) is 0 Å². The average Bonchev–Trinajstić information content (AvgIpc) is 2.56. The lowest BCUT2D eigenvalue weighted by molar-refractivity contribution is -0.127. The normalized spacial score (nSPS) is 36.4. The molecule has 4 unspecified atom stereocenters. The Kier molecular flexibility index (Phi) is 3.32. The van der Waals surface area contributed by atoms with Crippen LogP contribution in [0.25, 0.3) is 22.6 Å². The maximum Gasteiger partial charge on any atom is 0.347 e. The van der Waals surface area contributed by atoms with Crippen molar-refractivity contribution in [3.05, 3.63) is 42.8 Å². The molecule has 2 aliphatic rings. The van der Waals surface area contributed by atoms with Crippen molar-refractivity contribution < 1.29 is 34.0 Å². The van der Waals surface area contributed by atoms with Crippen LogP contribution < -0.4 is 21.7 Å². The van der Waals surface area contributed by atoms with E-state index < -0.39 is 33.7 Å². The Hall–Kier alpha value is -2.46. The van der Waals surface area contributed by atoms with Crippen LogP contribution in [0.5, 0.6) is 0 Å². The van der Waals surface area contributed by atoms with Gasteiger partial charge in [-0.3, -0.25) is 0 Å². The van der Waals surface area contributed by atoms with E-state index in [0.717, 1.165) is 6.08 Å². The van der Waals surface area contributed by atoms with Crippen molar-refractivity contribution in [3.8, 4) is 0 Å². The summed E-state index contributed by atoms with van der Waals surface area (Å²) in [4.78, 5) is 25.5. The van der Waals surface area contributed by atoms with Crippen LogP contribution in [-0.4, -0.2) is 38.7 Å². The fourth-order valence-corrected chi connectivity index (χ4v) is 3.98. The highest BCUT2D eigenvalue weighted by atomic mass is 16.5. The van der Waals surface area contributed by atoms with Gasteiger partial charge in [0.1, 0.15) is 16.6 Å². The summed E-state index contributed by atoms with van der Waals surface area (Å²) in [5, 5.41) is 43.1. The summed E-state index contributed by atoms with van der Waals surface area (Å²) < 4.78 is 15.9. The highest BCUT2D eigenvalue weighted by Crippen LogP contribution is 2.45. The third-order valence-corrected chi connectivity index (χ3v) is 6.15. The second kappa shape index (κ2) is 4.93. The molecule has 28 heavy (non-hydrogen) atoms. The number of ether oxygens (including phenoxy) is 1. The molecule has 9 heteroatoms. The van der Waals surface area contributed by atoms with Crippen molar-refractivity contribution in [2.75, 3.05) is 7.11 Å². The first-order valence-electron chi connectivity index (χ1n) is 8.56. The van der Waals surface area contributed by atoms with E-state index in [1.165, 1.54) is 34.8 Å². The fourth-order valence-electron chi connectivity index (χ4n) is 3.98. The first kappa shape index (κ1) is 18.9. The lowest BCUT2D eigenvalue weighted by Gasteiger charge is -2.42. The maximum atomic E-state index is 12.8. The van der Waals surface area contributed by atoms with Crippen molar-refractivity contribution in [3.63, 3.8) is 0 Å². The highest BCUT2D eigenvalue weighted by molar-refractivity contribution is 5.92. The van der Waals surface area contributed by atoms with Crippen molar-refractivity contribution >= 4 is 22.6 Å². The predicted molar refractivity (Wildman–Crippen MR) is 95.5 cm³/mol. The molecule has 0 amide bonds. The molecule has 0 bridgehead atoms. The molecule has 150 valence electrons. The Labute approximate surface area is 157 Å². The predicted octanol–water partition coefficient (Wildman–Crippen LogP) is -1.77. The molecule has 0 radical (unpaired) electrons. The number of aliphatic hydroxyl groups is 4. The lowest BCUT2D eigenvalue weighted by Crippen LogP contribution is -2.58. The summed E-state index contributed by atoms with van der Waals surface area (Å²) in [5.74, 6) is -0.986. The average molecular weight is 392 g/mol. The van der Waals surface area contributed by atoms with Crippen molar-refractivity contribution in [2.24, 2.45) is 0 Å². The number of hydrogen-bond acceptors (Lipinski definition) is 9.